The molecule has 138 valence electrons. The predicted octanol–water partition coefficient (Wildman–Crippen LogP) is 1.67. The largest absolute Gasteiger partial charge is 0.377 e. The van der Waals surface area contributed by atoms with Crippen LogP contribution in [0, 0.1) is 17.3 Å². The second-order valence-corrected chi connectivity index (χ2v) is 8.56. The second kappa shape index (κ2) is 6.31. The number of fused-ring (bicyclic) bond motifs is 1. The van der Waals surface area contributed by atoms with Crippen LogP contribution in [0.4, 0.5) is 0 Å². The van der Waals surface area contributed by atoms with E-state index in [9.17, 15) is 0 Å². The highest BCUT2D eigenvalue weighted by molar-refractivity contribution is 5.80. The van der Waals surface area contributed by atoms with Gasteiger partial charge in [0.2, 0.25) is 0 Å². The number of rotatable bonds is 3. The van der Waals surface area contributed by atoms with E-state index in [-0.39, 0.29) is 5.41 Å². The van der Waals surface area contributed by atoms with Crippen molar-refractivity contribution < 1.29 is 4.74 Å². The van der Waals surface area contributed by atoms with Crippen LogP contribution >= 0.6 is 0 Å². The third-order valence-electron chi connectivity index (χ3n) is 6.47. The highest BCUT2D eigenvalue weighted by atomic mass is 16.5. The van der Waals surface area contributed by atoms with Crippen LogP contribution in [0.5, 0.6) is 0 Å². The van der Waals surface area contributed by atoms with Gasteiger partial charge in [0.1, 0.15) is 0 Å². The van der Waals surface area contributed by atoms with Gasteiger partial charge in [-0.3, -0.25) is 9.67 Å². The summed E-state index contributed by atoms with van der Waals surface area (Å²) < 4.78 is 7.81. The molecule has 1 aromatic rings. The Hall–Kier alpha value is -1.56. The van der Waals surface area contributed by atoms with Gasteiger partial charge >= 0.3 is 0 Å². The second-order valence-electron chi connectivity index (χ2n) is 8.56. The fourth-order valence-corrected chi connectivity index (χ4v) is 5.16. The number of aryl methyl sites for hydroxylation is 1. The Morgan fingerprint density at radius 3 is 3.00 bits per heavy atom. The van der Waals surface area contributed by atoms with E-state index < -0.39 is 0 Å². The molecule has 2 saturated heterocycles. The van der Waals surface area contributed by atoms with Gasteiger partial charge in [-0.15, -0.1) is 0 Å². The van der Waals surface area contributed by atoms with Gasteiger partial charge in [0.05, 0.1) is 12.3 Å². The standard InChI is InChI=1S/C19H31N5O/c1-19(2)16(15-6-8-25-17(15)19)22-18(20-3)24-7-5-13(12-24)9-14-10-21-23(4)11-14/h10-11,13,15-17H,5-9,12H2,1-4H3,(H,20,22). The summed E-state index contributed by atoms with van der Waals surface area (Å²) in [5, 5.41) is 8.06. The molecule has 1 N–H and O–H groups in total. The lowest BCUT2D eigenvalue weighted by atomic mass is 9.57. The third kappa shape index (κ3) is 2.94. The van der Waals surface area contributed by atoms with E-state index >= 15 is 0 Å². The Morgan fingerprint density at radius 1 is 1.44 bits per heavy atom. The van der Waals surface area contributed by atoms with Crippen LogP contribution in [0.25, 0.3) is 0 Å². The first-order chi connectivity index (χ1) is 12.0. The van der Waals surface area contributed by atoms with Gasteiger partial charge in [0, 0.05) is 57.4 Å². The van der Waals surface area contributed by atoms with E-state index in [0.29, 0.717) is 24.0 Å². The predicted molar refractivity (Wildman–Crippen MR) is 98.5 cm³/mol. The first kappa shape index (κ1) is 16.9. The Balaban J connectivity index is 1.36. The molecule has 0 spiro atoms. The molecule has 1 saturated carbocycles. The molecule has 0 amide bonds. The van der Waals surface area contributed by atoms with Crippen LogP contribution in [0.2, 0.25) is 0 Å². The van der Waals surface area contributed by atoms with Crippen molar-refractivity contribution in [3.8, 4) is 0 Å². The number of aromatic nitrogens is 2. The molecule has 25 heavy (non-hydrogen) atoms. The number of hydrogen-bond acceptors (Lipinski definition) is 3. The number of ether oxygens (including phenoxy) is 1. The zero-order valence-electron chi connectivity index (χ0n) is 15.9. The molecule has 3 fully saturated rings. The minimum atomic E-state index is 0.186. The lowest BCUT2D eigenvalue weighted by Gasteiger charge is -2.55. The SMILES string of the molecule is CN=C(NC1C2CCOC2C1(C)C)N1CCC(Cc2cnn(C)c2)C1. The number of likely N-dealkylation sites (tertiary alicyclic amines) is 1. The van der Waals surface area contributed by atoms with Crippen molar-refractivity contribution in [1.29, 1.82) is 0 Å². The van der Waals surface area contributed by atoms with Crippen molar-refractivity contribution in [2.45, 2.75) is 45.3 Å². The molecule has 6 nitrogen and oxygen atoms in total. The Morgan fingerprint density at radius 2 is 2.28 bits per heavy atom. The lowest BCUT2D eigenvalue weighted by Crippen LogP contribution is -2.68. The Kier molecular flexibility index (Phi) is 4.26. The van der Waals surface area contributed by atoms with Crippen molar-refractivity contribution in [1.82, 2.24) is 20.0 Å². The Bertz CT molecular complexity index is 652. The zero-order chi connectivity index (χ0) is 17.6. The minimum Gasteiger partial charge on any atom is -0.377 e. The van der Waals surface area contributed by atoms with E-state index in [4.69, 9.17) is 4.74 Å². The normalized spacial score (nSPS) is 34.1. The van der Waals surface area contributed by atoms with Crippen molar-refractivity contribution in [2.24, 2.45) is 29.3 Å². The van der Waals surface area contributed by atoms with Crippen LogP contribution in [0.15, 0.2) is 17.4 Å². The van der Waals surface area contributed by atoms with Crippen LogP contribution in [-0.2, 0) is 18.2 Å². The fraction of sp³-hybridized carbons (Fsp3) is 0.789. The first-order valence-electron chi connectivity index (χ1n) is 9.56. The van der Waals surface area contributed by atoms with Crippen LogP contribution in [0.1, 0.15) is 32.3 Å². The minimum absolute atomic E-state index is 0.186. The lowest BCUT2D eigenvalue weighted by molar-refractivity contribution is -0.107. The smallest absolute Gasteiger partial charge is 0.193 e. The van der Waals surface area contributed by atoms with Gasteiger partial charge in [0.15, 0.2) is 5.96 Å². The molecule has 6 heteroatoms. The summed E-state index contributed by atoms with van der Waals surface area (Å²) >= 11 is 0. The first-order valence-corrected chi connectivity index (χ1v) is 9.56. The summed E-state index contributed by atoms with van der Waals surface area (Å²) in [7, 11) is 3.89. The van der Waals surface area contributed by atoms with Gasteiger partial charge in [-0.25, -0.2) is 0 Å². The average Bonchev–Trinajstić information content (AvgIpc) is 3.29. The fourth-order valence-electron chi connectivity index (χ4n) is 5.16. The van der Waals surface area contributed by atoms with Gasteiger partial charge < -0.3 is 15.0 Å². The maximum Gasteiger partial charge on any atom is 0.193 e. The van der Waals surface area contributed by atoms with Gasteiger partial charge in [0.25, 0.3) is 0 Å². The molecule has 3 aliphatic rings. The zero-order valence-corrected chi connectivity index (χ0v) is 15.9. The van der Waals surface area contributed by atoms with Crippen molar-refractivity contribution in [3.05, 3.63) is 18.0 Å². The molecule has 4 rings (SSSR count). The number of hydrogen-bond donors (Lipinski definition) is 1. The van der Waals surface area contributed by atoms with Crippen LogP contribution in [0.3, 0.4) is 0 Å². The third-order valence-corrected chi connectivity index (χ3v) is 6.47. The van der Waals surface area contributed by atoms with Crippen molar-refractivity contribution >= 4 is 5.96 Å². The summed E-state index contributed by atoms with van der Waals surface area (Å²) in [6.45, 7) is 7.71. The van der Waals surface area contributed by atoms with E-state index in [2.05, 4.69) is 40.4 Å². The monoisotopic (exact) mass is 345 g/mol. The molecule has 0 aromatic carbocycles. The molecule has 3 heterocycles. The highest BCUT2D eigenvalue weighted by Crippen LogP contribution is 2.52. The average molecular weight is 345 g/mol. The van der Waals surface area contributed by atoms with Gasteiger partial charge in [-0.05, 0) is 30.7 Å². The highest BCUT2D eigenvalue weighted by Gasteiger charge is 2.59. The molecule has 1 aliphatic carbocycles. The summed E-state index contributed by atoms with van der Waals surface area (Å²) in [6, 6.07) is 0.469. The number of guanidine groups is 1. The summed E-state index contributed by atoms with van der Waals surface area (Å²) in [6.07, 6.45) is 8.04. The van der Waals surface area contributed by atoms with Crippen LogP contribution < -0.4 is 5.32 Å². The number of nitrogens with one attached hydrogen (secondary N) is 1. The molecule has 0 bridgehead atoms. The van der Waals surface area contributed by atoms with E-state index in [1.54, 1.807) is 0 Å². The number of aliphatic imine (C=N–C) groups is 1. The summed E-state index contributed by atoms with van der Waals surface area (Å²) in [4.78, 5) is 7.02. The molecular weight excluding hydrogens is 314 g/mol. The number of nitrogens with zero attached hydrogens (tertiary/aromatic N) is 4. The molecular formula is C19H31N5O. The molecule has 2 aliphatic heterocycles. The van der Waals surface area contributed by atoms with Gasteiger partial charge in [-0.2, -0.15) is 5.10 Å². The topological polar surface area (TPSA) is 54.7 Å². The maximum absolute atomic E-state index is 5.92. The quantitative estimate of drug-likeness (QED) is 0.669. The summed E-state index contributed by atoms with van der Waals surface area (Å²) in [5.74, 6) is 2.39. The molecule has 0 radical (unpaired) electrons. The summed E-state index contributed by atoms with van der Waals surface area (Å²) in [5.41, 5.74) is 1.52. The van der Waals surface area contributed by atoms with Crippen molar-refractivity contribution in [2.75, 3.05) is 26.7 Å². The van der Waals surface area contributed by atoms with Crippen molar-refractivity contribution in [3.63, 3.8) is 0 Å². The van der Waals surface area contributed by atoms with E-state index in [1.165, 1.54) is 18.4 Å². The van der Waals surface area contributed by atoms with Crippen LogP contribution in [-0.4, -0.2) is 59.5 Å². The van der Waals surface area contributed by atoms with E-state index in [0.717, 1.165) is 32.1 Å². The molecule has 4 atom stereocenters. The van der Waals surface area contributed by atoms with Gasteiger partial charge in [-0.1, -0.05) is 13.8 Å². The maximum atomic E-state index is 5.92. The molecule has 1 aromatic heterocycles. The van der Waals surface area contributed by atoms with E-state index in [1.807, 2.05) is 25.0 Å². The Labute approximate surface area is 150 Å². The molecule has 4 unspecified atom stereocenters.